The van der Waals surface area contributed by atoms with Crippen molar-refractivity contribution in [3.8, 4) is 0 Å². The first-order valence-corrected chi connectivity index (χ1v) is 9.54. The van der Waals surface area contributed by atoms with Crippen LogP contribution in [0, 0.1) is 20.8 Å². The van der Waals surface area contributed by atoms with Gasteiger partial charge >= 0.3 is 0 Å². The summed E-state index contributed by atoms with van der Waals surface area (Å²) >= 11 is 0. The van der Waals surface area contributed by atoms with E-state index < -0.39 is 0 Å². The normalized spacial score (nSPS) is 15.5. The lowest BCUT2D eigenvalue weighted by Crippen LogP contribution is -2.44. The van der Waals surface area contributed by atoms with Gasteiger partial charge in [-0.15, -0.1) is 0 Å². The standard InChI is InChI=1S/C20H34N4O/c1-16-14-17(2)19(18(3)15-16)23-20(24-10-12-25-13-11-24)22-9-7-5-4-6-8-21/h14-15H,4-13,21H2,1-3H3,(H,22,23). The summed E-state index contributed by atoms with van der Waals surface area (Å²) in [4.78, 5) is 7.20. The molecule has 0 radical (unpaired) electrons. The molecule has 1 aliphatic heterocycles. The number of ether oxygens (including phenoxy) is 1. The lowest BCUT2D eigenvalue weighted by molar-refractivity contribution is 0.0679. The summed E-state index contributed by atoms with van der Waals surface area (Å²) in [7, 11) is 0. The number of aryl methyl sites for hydroxylation is 3. The van der Waals surface area contributed by atoms with Gasteiger partial charge in [0, 0.05) is 25.3 Å². The highest BCUT2D eigenvalue weighted by Crippen LogP contribution is 2.22. The van der Waals surface area contributed by atoms with Crippen molar-refractivity contribution >= 4 is 11.6 Å². The molecule has 0 bridgehead atoms. The highest BCUT2D eigenvalue weighted by atomic mass is 16.5. The molecule has 1 fully saturated rings. The van der Waals surface area contributed by atoms with Gasteiger partial charge in [0.1, 0.15) is 0 Å². The number of aliphatic imine (C=N–C) groups is 1. The zero-order valence-electron chi connectivity index (χ0n) is 16.1. The van der Waals surface area contributed by atoms with E-state index in [1.165, 1.54) is 35.2 Å². The first-order chi connectivity index (χ1) is 12.1. The van der Waals surface area contributed by atoms with Crippen molar-refractivity contribution in [1.29, 1.82) is 0 Å². The number of hydrogen-bond acceptors (Lipinski definition) is 3. The van der Waals surface area contributed by atoms with Crippen molar-refractivity contribution in [2.45, 2.75) is 46.5 Å². The minimum Gasteiger partial charge on any atom is -0.378 e. The topological polar surface area (TPSA) is 62.9 Å². The molecular weight excluding hydrogens is 312 g/mol. The number of guanidine groups is 1. The van der Waals surface area contributed by atoms with Crippen LogP contribution >= 0.6 is 0 Å². The Morgan fingerprint density at radius 2 is 1.72 bits per heavy atom. The Kier molecular flexibility index (Phi) is 8.22. The molecule has 1 heterocycles. The molecule has 2 rings (SSSR count). The highest BCUT2D eigenvalue weighted by Gasteiger charge is 2.16. The first-order valence-electron chi connectivity index (χ1n) is 9.54. The third-order valence-electron chi connectivity index (χ3n) is 4.60. The van der Waals surface area contributed by atoms with Gasteiger partial charge in [-0.05, 0) is 51.3 Å². The monoisotopic (exact) mass is 346 g/mol. The van der Waals surface area contributed by atoms with Gasteiger partial charge in [0.2, 0.25) is 0 Å². The van der Waals surface area contributed by atoms with Crippen LogP contribution in [0.4, 0.5) is 5.69 Å². The fourth-order valence-electron chi connectivity index (χ4n) is 3.28. The molecule has 0 atom stereocenters. The van der Waals surface area contributed by atoms with Crippen molar-refractivity contribution in [1.82, 2.24) is 4.90 Å². The van der Waals surface area contributed by atoms with Crippen molar-refractivity contribution in [2.24, 2.45) is 10.7 Å². The third kappa shape index (κ3) is 6.33. The Bertz CT molecular complexity index is 542. The van der Waals surface area contributed by atoms with E-state index in [-0.39, 0.29) is 0 Å². The average Bonchev–Trinajstić information content (AvgIpc) is 2.59. The molecule has 0 saturated carbocycles. The Hall–Kier alpha value is -1.59. The molecule has 1 aliphatic rings. The van der Waals surface area contributed by atoms with Crippen molar-refractivity contribution < 1.29 is 4.74 Å². The van der Waals surface area contributed by atoms with Crippen molar-refractivity contribution in [3.63, 3.8) is 0 Å². The molecule has 5 heteroatoms. The average molecular weight is 347 g/mol. The number of anilines is 1. The Balaban J connectivity index is 2.06. The molecule has 140 valence electrons. The molecule has 0 aromatic heterocycles. The van der Waals surface area contributed by atoms with Crippen LogP contribution in [-0.4, -0.2) is 50.3 Å². The molecule has 25 heavy (non-hydrogen) atoms. The van der Waals surface area contributed by atoms with Gasteiger partial charge in [0.25, 0.3) is 0 Å². The minimum absolute atomic E-state index is 0.767. The zero-order chi connectivity index (χ0) is 18.1. The third-order valence-corrected chi connectivity index (χ3v) is 4.60. The number of morpholine rings is 1. The second-order valence-electron chi connectivity index (χ2n) is 6.91. The van der Waals surface area contributed by atoms with Crippen LogP contribution in [0.5, 0.6) is 0 Å². The smallest absolute Gasteiger partial charge is 0.198 e. The molecule has 1 aromatic rings. The largest absolute Gasteiger partial charge is 0.378 e. The second kappa shape index (κ2) is 10.4. The molecule has 1 saturated heterocycles. The molecule has 0 spiro atoms. The second-order valence-corrected chi connectivity index (χ2v) is 6.91. The lowest BCUT2D eigenvalue weighted by atomic mass is 10.1. The number of hydrogen-bond donors (Lipinski definition) is 2. The van der Waals surface area contributed by atoms with E-state index in [0.717, 1.165) is 58.2 Å². The SMILES string of the molecule is Cc1cc(C)c(NC(=NCCCCCCN)N2CCOCC2)c(C)c1. The van der Waals surface area contributed by atoms with E-state index >= 15 is 0 Å². The number of rotatable bonds is 7. The van der Waals surface area contributed by atoms with Gasteiger partial charge in [-0.1, -0.05) is 30.5 Å². The fourth-order valence-corrected chi connectivity index (χ4v) is 3.28. The maximum atomic E-state index is 5.56. The van der Waals surface area contributed by atoms with Gasteiger partial charge in [-0.3, -0.25) is 4.99 Å². The predicted octanol–water partition coefficient (Wildman–Crippen LogP) is 3.23. The molecule has 5 nitrogen and oxygen atoms in total. The first kappa shape index (κ1) is 19.7. The molecule has 1 aromatic carbocycles. The maximum Gasteiger partial charge on any atom is 0.198 e. The summed E-state index contributed by atoms with van der Waals surface area (Å²) in [5, 5.41) is 3.61. The maximum absolute atomic E-state index is 5.56. The molecule has 3 N–H and O–H groups in total. The van der Waals surface area contributed by atoms with Gasteiger partial charge < -0.3 is 20.7 Å². The van der Waals surface area contributed by atoms with Crippen LogP contribution in [0.1, 0.15) is 42.4 Å². The highest BCUT2D eigenvalue weighted by molar-refractivity contribution is 5.95. The quantitative estimate of drug-likeness (QED) is 0.452. The molecule has 0 unspecified atom stereocenters. The van der Waals surface area contributed by atoms with E-state index in [1.807, 2.05) is 0 Å². The van der Waals surface area contributed by atoms with Crippen LogP contribution in [0.25, 0.3) is 0 Å². The number of nitrogens with one attached hydrogen (secondary N) is 1. The molecular formula is C20H34N4O. The number of nitrogens with zero attached hydrogens (tertiary/aromatic N) is 2. The van der Waals surface area contributed by atoms with Crippen LogP contribution in [0.2, 0.25) is 0 Å². The molecule has 0 amide bonds. The Morgan fingerprint density at radius 3 is 2.36 bits per heavy atom. The van der Waals surface area contributed by atoms with E-state index in [2.05, 4.69) is 43.1 Å². The summed E-state index contributed by atoms with van der Waals surface area (Å²) < 4.78 is 5.50. The van der Waals surface area contributed by atoms with Crippen LogP contribution in [-0.2, 0) is 4.74 Å². The van der Waals surface area contributed by atoms with Crippen LogP contribution < -0.4 is 11.1 Å². The Labute approximate surface area is 152 Å². The summed E-state index contributed by atoms with van der Waals surface area (Å²) in [6, 6.07) is 4.44. The van der Waals surface area contributed by atoms with E-state index in [4.69, 9.17) is 15.5 Å². The number of unbranched alkanes of at least 4 members (excludes halogenated alkanes) is 3. The summed E-state index contributed by atoms with van der Waals surface area (Å²) in [5.41, 5.74) is 10.6. The summed E-state index contributed by atoms with van der Waals surface area (Å²) in [6.07, 6.45) is 4.61. The van der Waals surface area contributed by atoms with Crippen molar-refractivity contribution in [2.75, 3.05) is 44.7 Å². The number of benzene rings is 1. The van der Waals surface area contributed by atoms with Crippen LogP contribution in [0.15, 0.2) is 17.1 Å². The van der Waals surface area contributed by atoms with Crippen LogP contribution in [0.3, 0.4) is 0 Å². The summed E-state index contributed by atoms with van der Waals surface area (Å²) in [6.45, 7) is 11.4. The molecule has 0 aliphatic carbocycles. The predicted molar refractivity (Wildman–Crippen MR) is 106 cm³/mol. The van der Waals surface area contributed by atoms with Gasteiger partial charge in [0.15, 0.2) is 5.96 Å². The van der Waals surface area contributed by atoms with E-state index in [9.17, 15) is 0 Å². The van der Waals surface area contributed by atoms with Crippen molar-refractivity contribution in [3.05, 3.63) is 28.8 Å². The van der Waals surface area contributed by atoms with Gasteiger partial charge in [-0.2, -0.15) is 0 Å². The summed E-state index contributed by atoms with van der Waals surface area (Å²) in [5.74, 6) is 0.983. The van der Waals surface area contributed by atoms with Gasteiger partial charge in [-0.25, -0.2) is 0 Å². The Morgan fingerprint density at radius 1 is 1.08 bits per heavy atom. The minimum atomic E-state index is 0.767. The zero-order valence-corrected chi connectivity index (χ0v) is 16.1. The van der Waals surface area contributed by atoms with Gasteiger partial charge in [0.05, 0.1) is 13.2 Å². The fraction of sp³-hybridized carbons (Fsp3) is 0.650. The lowest BCUT2D eigenvalue weighted by Gasteiger charge is -2.31. The van der Waals surface area contributed by atoms with E-state index in [1.54, 1.807) is 0 Å². The number of nitrogens with two attached hydrogens (primary N) is 1. The van der Waals surface area contributed by atoms with E-state index in [0.29, 0.717) is 0 Å².